The molecule has 7 nitrogen and oxygen atoms in total. The lowest BCUT2D eigenvalue weighted by Crippen LogP contribution is -2.48. The van der Waals surface area contributed by atoms with Crippen LogP contribution < -0.4 is 10.5 Å². The molecule has 2 saturated heterocycles. The number of nitrogens with zero attached hydrogens (tertiary/aromatic N) is 5. The Bertz CT molecular complexity index is 1550. The molecule has 1 amide bonds. The molecular weight excluding hydrogens is 539 g/mol. The van der Waals surface area contributed by atoms with E-state index in [9.17, 15) is 14.9 Å². The molecule has 1 aromatic heterocycles. The Morgan fingerprint density at radius 2 is 1.60 bits per heavy atom. The number of nitriles is 1. The minimum atomic E-state index is -0.325. The molecule has 2 aliphatic rings. The van der Waals surface area contributed by atoms with Gasteiger partial charge < -0.3 is 4.90 Å². The normalized spacial score (nSPS) is 17.1. The molecule has 3 aromatic rings. The molecule has 0 aliphatic carbocycles. The molecule has 0 saturated carbocycles. The maximum absolute atomic E-state index is 13.5. The van der Waals surface area contributed by atoms with Crippen LogP contribution in [0.5, 0.6) is 0 Å². The highest BCUT2D eigenvalue weighted by Crippen LogP contribution is 2.36. The van der Waals surface area contributed by atoms with Crippen LogP contribution in [0.4, 0.5) is 5.82 Å². The average molecular weight is 570 g/mol. The van der Waals surface area contributed by atoms with E-state index in [1.807, 2.05) is 42.5 Å². The average Bonchev–Trinajstić information content (AvgIpc) is 3.24. The highest BCUT2D eigenvalue weighted by atomic mass is 32.2. The second kappa shape index (κ2) is 12.2. The van der Waals surface area contributed by atoms with Crippen molar-refractivity contribution in [3.05, 3.63) is 104 Å². The van der Waals surface area contributed by atoms with Crippen LogP contribution in [0.3, 0.4) is 0 Å². The van der Waals surface area contributed by atoms with Crippen molar-refractivity contribution in [1.82, 2.24) is 14.4 Å². The van der Waals surface area contributed by atoms with E-state index in [1.54, 1.807) is 23.4 Å². The van der Waals surface area contributed by atoms with Gasteiger partial charge in [-0.3, -0.25) is 24.0 Å². The summed E-state index contributed by atoms with van der Waals surface area (Å²) in [4.78, 5) is 33.4. The second-order valence-corrected chi connectivity index (χ2v) is 11.7. The van der Waals surface area contributed by atoms with Crippen LogP contribution in [0.2, 0.25) is 0 Å². The van der Waals surface area contributed by atoms with Gasteiger partial charge in [0.25, 0.3) is 11.5 Å². The van der Waals surface area contributed by atoms with Gasteiger partial charge in [0.2, 0.25) is 0 Å². The molecule has 40 heavy (non-hydrogen) atoms. The molecule has 2 aromatic carbocycles. The molecule has 5 rings (SSSR count). The van der Waals surface area contributed by atoms with Gasteiger partial charge in [0.15, 0.2) is 0 Å². The van der Waals surface area contributed by atoms with Gasteiger partial charge in [-0.05, 0) is 36.1 Å². The zero-order valence-corrected chi connectivity index (χ0v) is 24.3. The molecule has 0 N–H and O–H groups in total. The van der Waals surface area contributed by atoms with Crippen molar-refractivity contribution >= 4 is 46.1 Å². The number of amides is 1. The van der Waals surface area contributed by atoms with Crippen LogP contribution in [-0.4, -0.2) is 57.3 Å². The minimum Gasteiger partial charge on any atom is -0.355 e. The maximum atomic E-state index is 13.5. The lowest BCUT2D eigenvalue weighted by Gasteiger charge is -2.37. The zero-order chi connectivity index (χ0) is 28.2. The molecule has 2 fully saturated rings. The molecule has 0 unspecified atom stereocenters. The number of thioether (sulfide) groups is 1. The van der Waals surface area contributed by atoms with Crippen LogP contribution in [0.1, 0.15) is 27.8 Å². The maximum Gasteiger partial charge on any atom is 0.270 e. The quantitative estimate of drug-likeness (QED) is 0.310. The van der Waals surface area contributed by atoms with Crippen molar-refractivity contribution in [2.75, 3.05) is 37.6 Å². The standard InChI is InChI=1S/C31H31N5O2S2/c1-22-25(19-27-30(38)36(31(39)40-27)14-13-23-9-5-3-6-10-23)28(33(2)29(37)26(22)20-32)35-17-15-34(16-18-35)21-24-11-7-4-8-12-24/h3-12,19H,13-18,21H2,1-2H3. The molecule has 0 bridgehead atoms. The molecule has 0 radical (unpaired) electrons. The van der Waals surface area contributed by atoms with Gasteiger partial charge in [-0.1, -0.05) is 84.6 Å². The van der Waals surface area contributed by atoms with Crippen LogP contribution in [-0.2, 0) is 24.8 Å². The Balaban J connectivity index is 1.42. The van der Waals surface area contributed by atoms with Crippen molar-refractivity contribution < 1.29 is 4.79 Å². The number of hydrogen-bond donors (Lipinski definition) is 0. The van der Waals surface area contributed by atoms with Gasteiger partial charge in [0.1, 0.15) is 21.8 Å². The third-order valence-electron chi connectivity index (χ3n) is 7.50. The predicted molar refractivity (Wildman–Crippen MR) is 165 cm³/mol. The minimum absolute atomic E-state index is 0.0970. The molecule has 9 heteroatoms. The zero-order valence-electron chi connectivity index (χ0n) is 22.7. The summed E-state index contributed by atoms with van der Waals surface area (Å²) in [5, 5.41) is 9.79. The van der Waals surface area contributed by atoms with Crippen molar-refractivity contribution in [3.8, 4) is 6.07 Å². The number of pyridine rings is 1. The van der Waals surface area contributed by atoms with E-state index >= 15 is 0 Å². The van der Waals surface area contributed by atoms with E-state index in [-0.39, 0.29) is 17.0 Å². The Morgan fingerprint density at radius 1 is 0.975 bits per heavy atom. The van der Waals surface area contributed by atoms with Gasteiger partial charge >= 0.3 is 0 Å². The summed E-state index contributed by atoms with van der Waals surface area (Å²) >= 11 is 6.86. The van der Waals surface area contributed by atoms with Gasteiger partial charge in [0.05, 0.1) is 4.91 Å². The van der Waals surface area contributed by atoms with E-state index in [2.05, 4.69) is 40.1 Å². The fourth-order valence-electron chi connectivity index (χ4n) is 5.26. The first-order valence-corrected chi connectivity index (χ1v) is 14.5. The smallest absolute Gasteiger partial charge is 0.270 e. The number of carbonyl (C=O) groups is 1. The number of rotatable bonds is 7. The number of benzene rings is 2. The summed E-state index contributed by atoms with van der Waals surface area (Å²) in [7, 11) is 1.71. The van der Waals surface area contributed by atoms with E-state index in [4.69, 9.17) is 12.2 Å². The molecule has 0 spiro atoms. The number of thiocarbonyl (C=S) groups is 1. The molecule has 2 aliphatic heterocycles. The molecular formula is C31H31N5O2S2. The van der Waals surface area contributed by atoms with E-state index in [1.165, 1.54) is 17.3 Å². The summed E-state index contributed by atoms with van der Waals surface area (Å²) in [6.07, 6.45) is 2.53. The first kappa shape index (κ1) is 27.8. The Hall–Kier alpha value is -3.71. The Labute approximate surface area is 244 Å². The highest BCUT2D eigenvalue weighted by molar-refractivity contribution is 8.26. The highest BCUT2D eigenvalue weighted by Gasteiger charge is 2.33. The SMILES string of the molecule is Cc1c(C=C2SC(=S)N(CCc3ccccc3)C2=O)c(N2CCN(Cc3ccccc3)CC2)n(C)c(=O)c1C#N. The number of aromatic nitrogens is 1. The number of hydrogen-bond acceptors (Lipinski definition) is 7. The van der Waals surface area contributed by atoms with Crippen molar-refractivity contribution in [3.63, 3.8) is 0 Å². The summed E-state index contributed by atoms with van der Waals surface area (Å²) in [6.45, 7) is 6.29. The summed E-state index contributed by atoms with van der Waals surface area (Å²) in [5.41, 5.74) is 3.49. The van der Waals surface area contributed by atoms with Crippen LogP contribution in [0, 0.1) is 18.3 Å². The van der Waals surface area contributed by atoms with Crippen LogP contribution in [0.15, 0.2) is 70.4 Å². The lowest BCUT2D eigenvalue weighted by atomic mass is 10.0. The summed E-state index contributed by atoms with van der Waals surface area (Å²) in [6, 6.07) is 22.5. The van der Waals surface area contributed by atoms with Crippen molar-refractivity contribution in [2.45, 2.75) is 19.9 Å². The van der Waals surface area contributed by atoms with Gasteiger partial charge in [-0.15, -0.1) is 0 Å². The number of piperazine rings is 1. The van der Waals surface area contributed by atoms with E-state index in [0.717, 1.165) is 49.7 Å². The second-order valence-electron chi connectivity index (χ2n) is 10.0. The fourth-order valence-corrected chi connectivity index (χ4v) is 6.55. The monoisotopic (exact) mass is 569 g/mol. The van der Waals surface area contributed by atoms with E-state index in [0.29, 0.717) is 27.8 Å². The summed E-state index contributed by atoms with van der Waals surface area (Å²) in [5.74, 6) is 0.590. The first-order valence-electron chi connectivity index (χ1n) is 13.3. The fraction of sp³-hybridized carbons (Fsp3) is 0.290. The third-order valence-corrected chi connectivity index (χ3v) is 8.88. The van der Waals surface area contributed by atoms with E-state index < -0.39 is 0 Å². The lowest BCUT2D eigenvalue weighted by molar-refractivity contribution is -0.122. The topological polar surface area (TPSA) is 72.6 Å². The Morgan fingerprint density at radius 3 is 2.23 bits per heavy atom. The number of carbonyl (C=O) groups excluding carboxylic acids is 1. The molecule has 204 valence electrons. The molecule has 3 heterocycles. The molecule has 0 atom stereocenters. The van der Waals surface area contributed by atoms with Crippen molar-refractivity contribution in [2.24, 2.45) is 7.05 Å². The third kappa shape index (κ3) is 5.75. The Kier molecular flexibility index (Phi) is 8.50. The summed E-state index contributed by atoms with van der Waals surface area (Å²) < 4.78 is 2.08. The predicted octanol–water partition coefficient (Wildman–Crippen LogP) is 4.33. The first-order chi connectivity index (χ1) is 19.4. The largest absolute Gasteiger partial charge is 0.355 e. The van der Waals surface area contributed by atoms with Crippen molar-refractivity contribution in [1.29, 1.82) is 5.26 Å². The number of anilines is 1. The van der Waals surface area contributed by atoms with Gasteiger partial charge in [0, 0.05) is 51.9 Å². The van der Waals surface area contributed by atoms with Crippen LogP contribution >= 0.6 is 24.0 Å². The van der Waals surface area contributed by atoms with Gasteiger partial charge in [-0.25, -0.2) is 0 Å². The van der Waals surface area contributed by atoms with Gasteiger partial charge in [-0.2, -0.15) is 5.26 Å². The van der Waals surface area contributed by atoms with Crippen LogP contribution in [0.25, 0.3) is 6.08 Å².